The second-order valence-electron chi connectivity index (χ2n) is 6.09. The van der Waals surface area contributed by atoms with Gasteiger partial charge in [-0.1, -0.05) is 95.1 Å². The molecular formula is C19H12Cl3F3N2O2S. The summed E-state index contributed by atoms with van der Waals surface area (Å²) in [6.07, 6.45) is -4.19. The number of thioether (sulfide) groups is 1. The number of urea groups is 1. The maximum atomic E-state index is 14.3. The number of amides is 2. The lowest BCUT2D eigenvalue weighted by molar-refractivity contribution is -0.167. The van der Waals surface area contributed by atoms with E-state index in [2.05, 4.69) is 5.32 Å². The van der Waals surface area contributed by atoms with Crippen molar-refractivity contribution >= 4 is 64.1 Å². The highest BCUT2D eigenvalue weighted by Gasteiger charge is 2.61. The first kappa shape index (κ1) is 22.8. The van der Waals surface area contributed by atoms with Crippen LogP contribution in [-0.2, 0) is 9.67 Å². The van der Waals surface area contributed by atoms with Crippen molar-refractivity contribution in [3.63, 3.8) is 0 Å². The van der Waals surface area contributed by atoms with E-state index < -0.39 is 26.7 Å². The largest absolute Gasteiger partial charge is 0.425 e. The Hall–Kier alpha value is -1.87. The number of nitrogens with zero attached hydrogens (tertiary/aromatic N) is 1. The number of rotatable bonds is 3. The number of benzene rings is 2. The first-order valence-corrected chi connectivity index (χ1v) is 10.2. The molecule has 30 heavy (non-hydrogen) atoms. The Kier molecular flexibility index (Phi) is 6.34. The molecule has 0 aromatic heterocycles. The Labute approximate surface area is 189 Å². The van der Waals surface area contributed by atoms with Crippen LogP contribution in [0.3, 0.4) is 0 Å². The zero-order chi connectivity index (χ0) is 22.2. The van der Waals surface area contributed by atoms with Crippen molar-refractivity contribution in [2.24, 2.45) is 0 Å². The van der Waals surface area contributed by atoms with Gasteiger partial charge in [-0.05, 0) is 17.7 Å². The topological polar surface area (TPSA) is 49.4 Å². The van der Waals surface area contributed by atoms with Gasteiger partial charge in [0.1, 0.15) is 0 Å². The fourth-order valence-electron chi connectivity index (χ4n) is 2.74. The van der Waals surface area contributed by atoms with Crippen molar-refractivity contribution in [1.82, 2.24) is 5.32 Å². The number of hydrogen-bond donors (Lipinski definition) is 1. The molecule has 0 aliphatic carbocycles. The van der Waals surface area contributed by atoms with Crippen molar-refractivity contribution < 1.29 is 22.8 Å². The molecule has 0 spiro atoms. The van der Waals surface area contributed by atoms with E-state index in [1.54, 1.807) is 24.3 Å². The molecule has 1 N–H and O–H groups in total. The van der Waals surface area contributed by atoms with Crippen LogP contribution < -0.4 is 10.2 Å². The third-order valence-electron chi connectivity index (χ3n) is 4.09. The van der Waals surface area contributed by atoms with Gasteiger partial charge in [0, 0.05) is 6.08 Å². The molecule has 2 aromatic rings. The Morgan fingerprint density at radius 1 is 1.00 bits per heavy atom. The summed E-state index contributed by atoms with van der Waals surface area (Å²) < 4.78 is 40.5. The van der Waals surface area contributed by atoms with Gasteiger partial charge >= 0.3 is 12.2 Å². The molecule has 1 fully saturated rings. The van der Waals surface area contributed by atoms with Crippen LogP contribution in [0.2, 0.25) is 0 Å². The lowest BCUT2D eigenvalue weighted by Gasteiger charge is -2.44. The number of hydrogen-bond acceptors (Lipinski definition) is 3. The van der Waals surface area contributed by atoms with Gasteiger partial charge in [0.25, 0.3) is 3.79 Å². The van der Waals surface area contributed by atoms with E-state index in [4.69, 9.17) is 34.8 Å². The molecular weight excluding hydrogens is 484 g/mol. The number of para-hydroxylation sites is 1. The van der Waals surface area contributed by atoms with Crippen LogP contribution in [0.4, 0.5) is 23.7 Å². The highest BCUT2D eigenvalue weighted by atomic mass is 35.6. The van der Waals surface area contributed by atoms with Gasteiger partial charge in [-0.3, -0.25) is 9.69 Å². The van der Waals surface area contributed by atoms with E-state index >= 15 is 0 Å². The maximum absolute atomic E-state index is 14.3. The molecule has 2 aromatic carbocycles. The van der Waals surface area contributed by atoms with Crippen LogP contribution in [0, 0.1) is 0 Å². The monoisotopic (exact) mass is 494 g/mol. The van der Waals surface area contributed by atoms with Gasteiger partial charge in [0.05, 0.1) is 10.7 Å². The maximum Gasteiger partial charge on any atom is 0.425 e. The second-order valence-corrected chi connectivity index (χ2v) is 9.61. The predicted octanol–water partition coefficient (Wildman–Crippen LogP) is 6.15. The van der Waals surface area contributed by atoms with Crippen molar-refractivity contribution in [1.29, 1.82) is 0 Å². The lowest BCUT2D eigenvalue weighted by atomic mass is 10.1. The van der Waals surface area contributed by atoms with E-state index in [0.29, 0.717) is 0 Å². The van der Waals surface area contributed by atoms with Crippen LogP contribution in [0.1, 0.15) is 5.56 Å². The van der Waals surface area contributed by atoms with Gasteiger partial charge in [-0.2, -0.15) is 13.2 Å². The lowest BCUT2D eigenvalue weighted by Crippen LogP contribution is -2.61. The first-order valence-electron chi connectivity index (χ1n) is 8.27. The highest BCUT2D eigenvalue weighted by Crippen LogP contribution is 2.54. The summed E-state index contributed by atoms with van der Waals surface area (Å²) in [4.78, 5) is 23.3. The number of nitrogens with one attached hydrogen (secondary N) is 1. The van der Waals surface area contributed by atoms with Crippen LogP contribution in [-0.4, -0.2) is 21.8 Å². The summed E-state index contributed by atoms with van der Waals surface area (Å²) in [5, 5.41) is 1.71. The Morgan fingerprint density at radius 2 is 1.53 bits per heavy atom. The fourth-order valence-corrected chi connectivity index (χ4v) is 4.17. The molecule has 0 radical (unpaired) electrons. The van der Waals surface area contributed by atoms with Crippen molar-refractivity contribution in [3.05, 3.63) is 77.3 Å². The van der Waals surface area contributed by atoms with E-state index in [-0.39, 0.29) is 28.0 Å². The SMILES string of the molecule is O=C1NC(c2ccccc2)(C(F)(F)F)S/C(=C/C(=O)C(Cl)(Cl)Cl)N1c1ccccc1. The molecule has 4 nitrogen and oxygen atoms in total. The van der Waals surface area contributed by atoms with Gasteiger partial charge in [0.2, 0.25) is 10.7 Å². The molecule has 0 saturated carbocycles. The van der Waals surface area contributed by atoms with Gasteiger partial charge < -0.3 is 5.32 Å². The number of anilines is 1. The predicted molar refractivity (Wildman–Crippen MR) is 113 cm³/mol. The number of carbonyl (C=O) groups excluding carboxylic acids is 2. The molecule has 158 valence electrons. The number of ketones is 1. The van der Waals surface area contributed by atoms with Crippen molar-refractivity contribution in [2.75, 3.05) is 4.90 Å². The molecule has 1 atom stereocenters. The van der Waals surface area contributed by atoms with Gasteiger partial charge in [-0.15, -0.1) is 0 Å². The van der Waals surface area contributed by atoms with Crippen LogP contribution in [0.25, 0.3) is 0 Å². The third kappa shape index (κ3) is 4.42. The Morgan fingerprint density at radius 3 is 2.03 bits per heavy atom. The minimum atomic E-state index is -4.92. The van der Waals surface area contributed by atoms with E-state index in [0.717, 1.165) is 11.0 Å². The summed E-state index contributed by atoms with van der Waals surface area (Å²) in [5.74, 6) is -1.09. The number of alkyl halides is 6. The van der Waals surface area contributed by atoms with Gasteiger partial charge in [0.15, 0.2) is 0 Å². The van der Waals surface area contributed by atoms with Gasteiger partial charge in [-0.25, -0.2) is 4.79 Å². The molecule has 3 rings (SSSR count). The average molecular weight is 496 g/mol. The molecule has 1 aliphatic rings. The zero-order valence-electron chi connectivity index (χ0n) is 14.8. The number of halogens is 6. The van der Waals surface area contributed by atoms with Crippen LogP contribution >= 0.6 is 46.6 Å². The third-order valence-corrected chi connectivity index (χ3v) is 6.04. The quantitative estimate of drug-likeness (QED) is 0.411. The molecule has 11 heteroatoms. The first-order chi connectivity index (χ1) is 14.0. The summed E-state index contributed by atoms with van der Waals surface area (Å²) in [6, 6.07) is 13.6. The highest BCUT2D eigenvalue weighted by molar-refractivity contribution is 8.04. The minimum Gasteiger partial charge on any atom is -0.311 e. The smallest absolute Gasteiger partial charge is 0.311 e. The second kappa shape index (κ2) is 8.34. The molecule has 0 bridgehead atoms. The fraction of sp³-hybridized carbons (Fsp3) is 0.158. The minimum absolute atomic E-state index is 0.223. The normalized spacial score (nSPS) is 21.5. The summed E-state index contributed by atoms with van der Waals surface area (Å²) in [7, 11) is 0. The molecule has 1 saturated heterocycles. The molecule has 2 amide bonds. The zero-order valence-corrected chi connectivity index (χ0v) is 17.9. The standard InChI is InChI=1S/C19H12Cl3F3N2O2S/c20-18(21,22)14(28)11-15-27(13-9-5-2-6-10-13)16(29)26-17(30-15,19(23,24)25)12-7-3-1-4-8-12/h1-11H,(H,26,29)/b15-11+. The van der Waals surface area contributed by atoms with Crippen LogP contribution in [0.5, 0.6) is 0 Å². The van der Waals surface area contributed by atoms with Crippen LogP contribution in [0.15, 0.2) is 71.8 Å². The number of allylic oxidation sites excluding steroid dienone is 1. The Bertz CT molecular complexity index is 982. The summed E-state index contributed by atoms with van der Waals surface area (Å²) >= 11 is 17.0. The molecule has 1 heterocycles. The summed E-state index contributed by atoms with van der Waals surface area (Å²) in [6.45, 7) is 0. The molecule has 1 unspecified atom stereocenters. The molecule has 1 aliphatic heterocycles. The van der Waals surface area contributed by atoms with Crippen molar-refractivity contribution in [2.45, 2.75) is 14.8 Å². The van der Waals surface area contributed by atoms with E-state index in [1.807, 2.05) is 0 Å². The van der Waals surface area contributed by atoms with Crippen molar-refractivity contribution in [3.8, 4) is 0 Å². The summed E-state index contributed by atoms with van der Waals surface area (Å²) in [5.41, 5.74) is 0.00509. The number of carbonyl (C=O) groups is 2. The van der Waals surface area contributed by atoms with E-state index in [9.17, 15) is 22.8 Å². The average Bonchev–Trinajstić information content (AvgIpc) is 2.67. The van der Waals surface area contributed by atoms with E-state index in [1.165, 1.54) is 36.4 Å². The Balaban J connectivity index is 2.20.